The minimum absolute atomic E-state index is 0.0740. The van der Waals surface area contributed by atoms with E-state index >= 15 is 0 Å². The minimum Gasteiger partial charge on any atom is -0.484 e. The second kappa shape index (κ2) is 7.80. The molecule has 5 nitrogen and oxygen atoms in total. The minimum atomic E-state index is -0.234. The third kappa shape index (κ3) is 4.14. The summed E-state index contributed by atoms with van der Waals surface area (Å²) in [6.45, 7) is 6.07. The number of nitrogens with zero attached hydrogens (tertiary/aromatic N) is 2. The molecule has 0 saturated carbocycles. The highest BCUT2D eigenvalue weighted by Crippen LogP contribution is 2.30. The number of pyridine rings is 1. The number of nitrogens with one attached hydrogen (secondary N) is 1. The molecule has 0 aliphatic rings. The number of anilines is 1. The number of aryl methyl sites for hydroxylation is 3. The predicted octanol–water partition coefficient (Wildman–Crippen LogP) is 4.94. The third-order valence-corrected chi connectivity index (χ3v) is 4.65. The summed E-state index contributed by atoms with van der Waals surface area (Å²) >= 11 is 0. The Bertz CT molecular complexity index is 1160. The number of aromatic nitrogens is 2. The van der Waals surface area contributed by atoms with Gasteiger partial charge in [-0.1, -0.05) is 35.4 Å². The van der Waals surface area contributed by atoms with Gasteiger partial charge in [-0.15, -0.1) is 0 Å². The second-order valence-corrected chi connectivity index (χ2v) is 7.27. The highest BCUT2D eigenvalue weighted by molar-refractivity contribution is 5.95. The number of rotatable bonds is 5. The van der Waals surface area contributed by atoms with E-state index in [-0.39, 0.29) is 12.5 Å². The van der Waals surface area contributed by atoms with Gasteiger partial charge in [-0.3, -0.25) is 9.20 Å². The van der Waals surface area contributed by atoms with Crippen LogP contribution in [0.2, 0.25) is 0 Å². The normalized spacial score (nSPS) is 10.9. The first kappa shape index (κ1) is 18.7. The number of para-hydroxylation sites is 1. The van der Waals surface area contributed by atoms with Gasteiger partial charge < -0.3 is 10.1 Å². The summed E-state index contributed by atoms with van der Waals surface area (Å²) in [4.78, 5) is 17.4. The quantitative estimate of drug-likeness (QED) is 0.529. The van der Waals surface area contributed by atoms with Gasteiger partial charge in [-0.2, -0.15) is 0 Å². The summed E-state index contributed by atoms with van der Waals surface area (Å²) in [6, 6.07) is 19.6. The van der Waals surface area contributed by atoms with Crippen LogP contribution in [0.3, 0.4) is 0 Å². The molecule has 1 amide bonds. The van der Waals surface area contributed by atoms with E-state index in [1.165, 1.54) is 0 Å². The Balaban J connectivity index is 1.69. The summed E-state index contributed by atoms with van der Waals surface area (Å²) < 4.78 is 7.49. The van der Waals surface area contributed by atoms with E-state index < -0.39 is 0 Å². The zero-order valence-corrected chi connectivity index (χ0v) is 16.8. The lowest BCUT2D eigenvalue weighted by molar-refractivity contribution is -0.118. The monoisotopic (exact) mass is 385 g/mol. The first-order chi connectivity index (χ1) is 14.0. The molecule has 29 heavy (non-hydrogen) atoms. The number of carbonyl (C=O) groups excluding carboxylic acids is 1. The maximum absolute atomic E-state index is 12.6. The van der Waals surface area contributed by atoms with Crippen LogP contribution in [0.4, 0.5) is 5.82 Å². The fourth-order valence-electron chi connectivity index (χ4n) is 3.41. The lowest BCUT2D eigenvalue weighted by atomic mass is 10.1. The summed E-state index contributed by atoms with van der Waals surface area (Å²) in [6.07, 6.45) is 1.93. The number of carbonyl (C=O) groups is 1. The fraction of sp³-hybridized carbons (Fsp3) is 0.167. The number of fused-ring (bicyclic) bond motifs is 1. The number of amides is 1. The Hall–Kier alpha value is -3.60. The number of hydrogen-bond donors (Lipinski definition) is 1. The first-order valence-corrected chi connectivity index (χ1v) is 9.55. The molecule has 146 valence electrons. The summed E-state index contributed by atoms with van der Waals surface area (Å²) in [5.41, 5.74) is 5.92. The van der Waals surface area contributed by atoms with Crippen molar-refractivity contribution in [1.29, 1.82) is 0 Å². The molecule has 4 rings (SSSR count). The lowest BCUT2D eigenvalue weighted by Gasteiger charge is -2.10. The molecule has 1 N–H and O–H groups in total. The zero-order valence-electron chi connectivity index (χ0n) is 16.8. The molecule has 4 aromatic rings. The molecule has 0 aliphatic carbocycles. The molecule has 0 aliphatic heterocycles. The van der Waals surface area contributed by atoms with Gasteiger partial charge >= 0.3 is 0 Å². The van der Waals surface area contributed by atoms with E-state index in [9.17, 15) is 4.79 Å². The van der Waals surface area contributed by atoms with Crippen LogP contribution in [0, 0.1) is 20.8 Å². The van der Waals surface area contributed by atoms with Crippen LogP contribution in [0.1, 0.15) is 16.7 Å². The fourth-order valence-corrected chi connectivity index (χ4v) is 3.41. The number of benzene rings is 2. The molecule has 2 heterocycles. The van der Waals surface area contributed by atoms with Gasteiger partial charge in [0.15, 0.2) is 6.61 Å². The highest BCUT2D eigenvalue weighted by Gasteiger charge is 2.17. The van der Waals surface area contributed by atoms with Crippen LogP contribution >= 0.6 is 0 Å². The Morgan fingerprint density at radius 1 is 0.966 bits per heavy atom. The molecule has 0 spiro atoms. The van der Waals surface area contributed by atoms with Crippen molar-refractivity contribution in [1.82, 2.24) is 9.38 Å². The Morgan fingerprint density at radius 2 is 1.69 bits per heavy atom. The average Bonchev–Trinajstić information content (AvgIpc) is 3.04. The van der Waals surface area contributed by atoms with Crippen molar-refractivity contribution >= 4 is 17.4 Å². The van der Waals surface area contributed by atoms with Crippen LogP contribution in [0.25, 0.3) is 16.9 Å². The van der Waals surface area contributed by atoms with E-state index in [0.29, 0.717) is 11.6 Å². The number of ether oxygens (including phenoxy) is 1. The van der Waals surface area contributed by atoms with Gasteiger partial charge in [-0.25, -0.2) is 4.98 Å². The third-order valence-electron chi connectivity index (χ3n) is 4.65. The molecule has 0 radical (unpaired) electrons. The first-order valence-electron chi connectivity index (χ1n) is 9.55. The van der Waals surface area contributed by atoms with Gasteiger partial charge in [0.1, 0.15) is 22.9 Å². The smallest absolute Gasteiger partial charge is 0.263 e. The second-order valence-electron chi connectivity index (χ2n) is 7.27. The Labute approximate surface area is 170 Å². The van der Waals surface area contributed by atoms with Crippen molar-refractivity contribution in [3.8, 4) is 17.0 Å². The molecule has 0 saturated heterocycles. The van der Waals surface area contributed by atoms with Crippen molar-refractivity contribution in [3.63, 3.8) is 0 Å². The number of hydrogen-bond acceptors (Lipinski definition) is 3. The topological polar surface area (TPSA) is 55.6 Å². The molecular formula is C24H23N3O2. The molecule has 2 aromatic heterocycles. The van der Waals surface area contributed by atoms with Crippen molar-refractivity contribution < 1.29 is 9.53 Å². The van der Waals surface area contributed by atoms with Crippen LogP contribution < -0.4 is 10.1 Å². The van der Waals surface area contributed by atoms with E-state index in [1.807, 2.05) is 60.0 Å². The van der Waals surface area contributed by atoms with Crippen molar-refractivity contribution in [3.05, 3.63) is 83.6 Å². The largest absolute Gasteiger partial charge is 0.484 e. The zero-order chi connectivity index (χ0) is 20.4. The van der Waals surface area contributed by atoms with Crippen molar-refractivity contribution in [2.24, 2.45) is 0 Å². The number of imidazole rings is 1. The predicted molar refractivity (Wildman–Crippen MR) is 115 cm³/mol. The van der Waals surface area contributed by atoms with Crippen molar-refractivity contribution in [2.75, 3.05) is 11.9 Å². The van der Waals surface area contributed by atoms with Gasteiger partial charge in [0.2, 0.25) is 0 Å². The van der Waals surface area contributed by atoms with Crippen LogP contribution in [0.15, 0.2) is 66.9 Å². The molecule has 0 bridgehead atoms. The van der Waals surface area contributed by atoms with Gasteiger partial charge in [0.05, 0.1) is 0 Å². The molecule has 0 atom stereocenters. The van der Waals surface area contributed by atoms with E-state index in [2.05, 4.69) is 37.4 Å². The maximum atomic E-state index is 12.6. The van der Waals surface area contributed by atoms with Gasteiger partial charge in [0.25, 0.3) is 5.91 Å². The van der Waals surface area contributed by atoms with E-state index in [1.54, 1.807) is 0 Å². The summed E-state index contributed by atoms with van der Waals surface area (Å²) in [5, 5.41) is 3.00. The molecule has 0 fully saturated rings. The standard InChI is InChI=1S/C24H23N3O2/c1-16-9-10-27-21(14-16)25-23(19-12-17(2)11-18(3)13-19)24(27)26-22(28)15-29-20-7-5-4-6-8-20/h4-14H,15H2,1-3H3,(H,26,28). The molecule has 0 unspecified atom stereocenters. The summed E-state index contributed by atoms with van der Waals surface area (Å²) in [5.74, 6) is 1.07. The average molecular weight is 385 g/mol. The Kier molecular flexibility index (Phi) is 5.04. The van der Waals surface area contributed by atoms with Crippen LogP contribution in [0.5, 0.6) is 5.75 Å². The lowest BCUT2D eigenvalue weighted by Crippen LogP contribution is -2.21. The van der Waals surface area contributed by atoms with E-state index in [4.69, 9.17) is 9.72 Å². The SMILES string of the molecule is Cc1cc(C)cc(-c2nc3cc(C)ccn3c2NC(=O)COc2ccccc2)c1. The van der Waals surface area contributed by atoms with Gasteiger partial charge in [0, 0.05) is 11.8 Å². The van der Waals surface area contributed by atoms with Crippen LogP contribution in [-0.2, 0) is 4.79 Å². The molecular weight excluding hydrogens is 362 g/mol. The molecule has 2 aromatic carbocycles. The highest BCUT2D eigenvalue weighted by atomic mass is 16.5. The maximum Gasteiger partial charge on any atom is 0.263 e. The Morgan fingerprint density at radius 3 is 2.41 bits per heavy atom. The molecule has 5 heteroatoms. The van der Waals surface area contributed by atoms with E-state index in [0.717, 1.165) is 33.6 Å². The van der Waals surface area contributed by atoms with Crippen LogP contribution in [-0.4, -0.2) is 21.9 Å². The summed E-state index contributed by atoms with van der Waals surface area (Å²) in [7, 11) is 0. The van der Waals surface area contributed by atoms with Crippen molar-refractivity contribution in [2.45, 2.75) is 20.8 Å². The van der Waals surface area contributed by atoms with Gasteiger partial charge in [-0.05, 0) is 62.7 Å².